The van der Waals surface area contributed by atoms with Crippen molar-refractivity contribution in [3.05, 3.63) is 21.3 Å². The fourth-order valence-corrected chi connectivity index (χ4v) is 5.48. The molecule has 3 N–H and O–H groups in total. The van der Waals surface area contributed by atoms with E-state index in [1.807, 2.05) is 13.8 Å². The van der Waals surface area contributed by atoms with E-state index in [0.717, 1.165) is 26.9 Å². The summed E-state index contributed by atoms with van der Waals surface area (Å²) in [5, 5.41) is 1.17. The van der Waals surface area contributed by atoms with Crippen LogP contribution in [0.5, 0.6) is 0 Å². The normalized spacial score (nSPS) is 13.6. The van der Waals surface area contributed by atoms with Crippen LogP contribution >= 0.6 is 22.7 Å². The van der Waals surface area contributed by atoms with Crippen molar-refractivity contribution in [2.75, 3.05) is 5.73 Å². The Morgan fingerprint density at radius 2 is 1.80 bits per heavy atom. The summed E-state index contributed by atoms with van der Waals surface area (Å²) in [6, 6.07) is -0.339. The minimum atomic E-state index is -3.62. The molecule has 2 aromatic rings. The van der Waals surface area contributed by atoms with Crippen LogP contribution in [-0.4, -0.2) is 18.4 Å². The molecule has 2 aromatic heterocycles. The van der Waals surface area contributed by atoms with E-state index in [-0.39, 0.29) is 15.4 Å². The zero-order chi connectivity index (χ0) is 15.1. The summed E-state index contributed by atoms with van der Waals surface area (Å²) in [4.78, 5) is 9.17. The number of anilines is 1. The van der Waals surface area contributed by atoms with E-state index in [1.165, 1.54) is 11.3 Å². The highest BCUT2D eigenvalue weighted by molar-refractivity contribution is 7.91. The van der Waals surface area contributed by atoms with E-state index in [1.54, 1.807) is 13.8 Å². The molecule has 0 aliphatic heterocycles. The minimum absolute atomic E-state index is 0.167. The number of nitrogens with zero attached hydrogens (tertiary/aromatic N) is 2. The first-order valence-corrected chi connectivity index (χ1v) is 9.01. The van der Waals surface area contributed by atoms with Crippen molar-refractivity contribution in [1.29, 1.82) is 0 Å². The van der Waals surface area contributed by atoms with Gasteiger partial charge in [-0.3, -0.25) is 0 Å². The van der Waals surface area contributed by atoms with Crippen molar-refractivity contribution in [3.8, 4) is 0 Å². The molecule has 0 saturated carbocycles. The highest BCUT2D eigenvalue weighted by Crippen LogP contribution is 2.29. The van der Waals surface area contributed by atoms with E-state index in [9.17, 15) is 8.42 Å². The van der Waals surface area contributed by atoms with Crippen LogP contribution in [0.15, 0.2) is 4.21 Å². The molecule has 1 unspecified atom stereocenters. The summed E-state index contributed by atoms with van der Waals surface area (Å²) in [7, 11) is -3.62. The Bertz CT molecular complexity index is 733. The second kappa shape index (κ2) is 5.40. The van der Waals surface area contributed by atoms with Gasteiger partial charge in [0.2, 0.25) is 0 Å². The zero-order valence-corrected chi connectivity index (χ0v) is 14.0. The molecule has 20 heavy (non-hydrogen) atoms. The fourth-order valence-electron chi connectivity index (χ4n) is 1.94. The summed E-state index contributed by atoms with van der Waals surface area (Å²) < 4.78 is 27.5. The van der Waals surface area contributed by atoms with E-state index in [0.29, 0.717) is 5.69 Å². The van der Waals surface area contributed by atoms with Crippen LogP contribution in [-0.2, 0) is 10.0 Å². The van der Waals surface area contributed by atoms with Crippen molar-refractivity contribution >= 4 is 37.8 Å². The Morgan fingerprint density at radius 1 is 1.15 bits per heavy atom. The number of hydrogen-bond donors (Lipinski definition) is 2. The largest absolute Gasteiger partial charge is 0.375 e. The number of nitrogens with two attached hydrogens (primary N) is 1. The second-order valence-electron chi connectivity index (χ2n) is 4.45. The van der Waals surface area contributed by atoms with Crippen LogP contribution in [0.2, 0.25) is 0 Å². The first-order chi connectivity index (χ1) is 9.20. The summed E-state index contributed by atoms with van der Waals surface area (Å²) >= 11 is 2.46. The predicted molar refractivity (Wildman–Crippen MR) is 81.6 cm³/mol. The third kappa shape index (κ3) is 3.00. The number of aromatic nitrogens is 2. The molecule has 0 bridgehead atoms. The van der Waals surface area contributed by atoms with Gasteiger partial charge < -0.3 is 5.73 Å². The highest BCUT2D eigenvalue weighted by atomic mass is 32.2. The average Bonchev–Trinajstić information content (AvgIpc) is 2.81. The second-order valence-corrected chi connectivity index (χ2v) is 8.63. The molecule has 0 spiro atoms. The van der Waals surface area contributed by atoms with Crippen molar-refractivity contribution in [3.63, 3.8) is 0 Å². The molecular formula is C11H16N4O2S3. The Hall–Kier alpha value is -1.03. The summed E-state index contributed by atoms with van der Waals surface area (Å²) in [6.07, 6.45) is 0. The van der Waals surface area contributed by atoms with Gasteiger partial charge in [-0.1, -0.05) is 11.3 Å². The third-order valence-corrected chi connectivity index (χ3v) is 7.07. The molecule has 0 aliphatic rings. The molecule has 0 radical (unpaired) electrons. The van der Waals surface area contributed by atoms with Gasteiger partial charge in [-0.2, -0.15) is 0 Å². The number of nitrogens with one attached hydrogen (secondary N) is 1. The maximum atomic E-state index is 12.4. The molecule has 110 valence electrons. The van der Waals surface area contributed by atoms with Crippen molar-refractivity contribution in [2.45, 2.75) is 37.9 Å². The van der Waals surface area contributed by atoms with Crippen LogP contribution in [0.3, 0.4) is 0 Å². The van der Waals surface area contributed by atoms with Crippen LogP contribution in [0, 0.1) is 20.8 Å². The number of aryl methyl sites for hydroxylation is 3. The number of hydrogen-bond acceptors (Lipinski definition) is 7. The maximum absolute atomic E-state index is 12.4. The molecule has 0 fully saturated rings. The van der Waals surface area contributed by atoms with Crippen LogP contribution < -0.4 is 10.5 Å². The van der Waals surface area contributed by atoms with E-state index in [2.05, 4.69) is 14.7 Å². The number of sulfonamides is 1. The molecule has 9 heteroatoms. The lowest BCUT2D eigenvalue weighted by Gasteiger charge is -2.12. The van der Waals surface area contributed by atoms with Crippen LogP contribution in [0.1, 0.15) is 34.2 Å². The molecule has 6 nitrogen and oxygen atoms in total. The highest BCUT2D eigenvalue weighted by Gasteiger charge is 2.25. The first-order valence-electron chi connectivity index (χ1n) is 5.90. The van der Waals surface area contributed by atoms with E-state index >= 15 is 0 Å². The zero-order valence-electron chi connectivity index (χ0n) is 11.6. The van der Waals surface area contributed by atoms with E-state index in [4.69, 9.17) is 5.73 Å². The molecule has 0 saturated heterocycles. The number of rotatable bonds is 4. The lowest BCUT2D eigenvalue weighted by Crippen LogP contribution is -2.26. The number of nitrogen functional groups attached to an aromatic ring is 1. The van der Waals surface area contributed by atoms with Gasteiger partial charge in [-0.25, -0.2) is 23.1 Å². The van der Waals surface area contributed by atoms with Crippen LogP contribution in [0.4, 0.5) is 5.13 Å². The van der Waals surface area contributed by atoms with Crippen molar-refractivity contribution < 1.29 is 8.42 Å². The maximum Gasteiger partial charge on any atom is 0.252 e. The van der Waals surface area contributed by atoms with Crippen molar-refractivity contribution in [2.24, 2.45) is 0 Å². The summed E-state index contributed by atoms with van der Waals surface area (Å²) in [5.74, 6) is 0. The standard InChI is InChI=1S/C11H16N4O2S3/c1-5-9(18-8(4)13-5)6(2)15-20(16,17)10-7(3)14-11(12)19-10/h6,15H,1-4H3,(H2,12,14). The van der Waals surface area contributed by atoms with Gasteiger partial charge in [-0.15, -0.1) is 11.3 Å². The topological polar surface area (TPSA) is 98.0 Å². The van der Waals surface area contributed by atoms with Gasteiger partial charge in [0.1, 0.15) is 0 Å². The van der Waals surface area contributed by atoms with Gasteiger partial charge in [0, 0.05) is 4.88 Å². The van der Waals surface area contributed by atoms with Gasteiger partial charge in [-0.05, 0) is 27.7 Å². The van der Waals surface area contributed by atoms with E-state index < -0.39 is 10.0 Å². The van der Waals surface area contributed by atoms with Gasteiger partial charge >= 0.3 is 0 Å². The average molecular weight is 332 g/mol. The molecule has 2 rings (SSSR count). The molecule has 0 amide bonds. The smallest absolute Gasteiger partial charge is 0.252 e. The Kier molecular flexibility index (Phi) is 4.14. The summed E-state index contributed by atoms with van der Waals surface area (Å²) in [6.45, 7) is 7.21. The lowest BCUT2D eigenvalue weighted by atomic mass is 10.2. The van der Waals surface area contributed by atoms with Crippen molar-refractivity contribution in [1.82, 2.24) is 14.7 Å². The van der Waals surface area contributed by atoms with Gasteiger partial charge in [0.05, 0.1) is 22.4 Å². The number of thiazole rings is 2. The quantitative estimate of drug-likeness (QED) is 0.894. The molecule has 2 heterocycles. The molecular weight excluding hydrogens is 316 g/mol. The van der Waals surface area contributed by atoms with Crippen LogP contribution in [0.25, 0.3) is 0 Å². The van der Waals surface area contributed by atoms with Gasteiger partial charge in [0.15, 0.2) is 9.34 Å². The SMILES string of the molecule is Cc1nc(C)c(C(C)NS(=O)(=O)c2sc(N)nc2C)s1. The Morgan fingerprint density at radius 3 is 2.25 bits per heavy atom. The lowest BCUT2D eigenvalue weighted by molar-refractivity contribution is 0.569. The predicted octanol–water partition coefficient (Wildman–Crippen LogP) is 2.15. The molecule has 1 atom stereocenters. The third-order valence-electron chi connectivity index (χ3n) is 2.68. The first kappa shape index (κ1) is 15.4. The molecule has 0 aliphatic carbocycles. The van der Waals surface area contributed by atoms with Gasteiger partial charge in [0.25, 0.3) is 10.0 Å². The monoisotopic (exact) mass is 332 g/mol. The molecule has 0 aromatic carbocycles. The Labute approximate surface area is 126 Å². The minimum Gasteiger partial charge on any atom is -0.375 e. The Balaban J connectivity index is 2.29. The fraction of sp³-hybridized carbons (Fsp3) is 0.455. The summed E-state index contributed by atoms with van der Waals surface area (Å²) in [5.41, 5.74) is 6.82.